The van der Waals surface area contributed by atoms with E-state index in [0.29, 0.717) is 5.41 Å². The SMILES string of the molecule is CC(C)CCC(CC(C)(C)C)C(C)C. The molecule has 0 heteroatoms. The van der Waals surface area contributed by atoms with E-state index < -0.39 is 0 Å². The molecular formula is C14H30. The third-order valence-corrected chi connectivity index (χ3v) is 2.93. The maximum Gasteiger partial charge on any atom is -0.0380 e. The molecule has 0 saturated carbocycles. The first kappa shape index (κ1) is 14.0. The Balaban J connectivity index is 4.03. The van der Waals surface area contributed by atoms with Crippen LogP contribution >= 0.6 is 0 Å². The predicted octanol–water partition coefficient (Wildman–Crippen LogP) is 5.13. The minimum Gasteiger partial charge on any atom is -0.0628 e. The molecular weight excluding hydrogens is 168 g/mol. The highest BCUT2D eigenvalue weighted by atomic mass is 14.3. The van der Waals surface area contributed by atoms with E-state index in [1.165, 1.54) is 19.3 Å². The molecule has 0 amide bonds. The Hall–Kier alpha value is 0. The molecule has 14 heavy (non-hydrogen) atoms. The van der Waals surface area contributed by atoms with Crippen LogP contribution in [0.2, 0.25) is 0 Å². The lowest BCUT2D eigenvalue weighted by molar-refractivity contribution is 0.221. The zero-order valence-corrected chi connectivity index (χ0v) is 11.4. The lowest BCUT2D eigenvalue weighted by Crippen LogP contribution is -2.18. The molecule has 0 fully saturated rings. The fraction of sp³-hybridized carbons (Fsp3) is 1.00. The second-order valence-corrected chi connectivity index (χ2v) is 6.74. The van der Waals surface area contributed by atoms with E-state index in [1.54, 1.807) is 0 Å². The fourth-order valence-corrected chi connectivity index (χ4v) is 2.01. The van der Waals surface area contributed by atoms with Crippen LogP contribution in [-0.2, 0) is 0 Å². The summed E-state index contributed by atoms with van der Waals surface area (Å²) in [4.78, 5) is 0. The molecule has 0 spiro atoms. The molecule has 0 heterocycles. The summed E-state index contributed by atoms with van der Waals surface area (Å²) in [5, 5.41) is 0. The molecule has 1 unspecified atom stereocenters. The van der Waals surface area contributed by atoms with Gasteiger partial charge in [-0.3, -0.25) is 0 Å². The summed E-state index contributed by atoms with van der Waals surface area (Å²) in [7, 11) is 0. The Kier molecular flexibility index (Phi) is 5.78. The van der Waals surface area contributed by atoms with E-state index in [4.69, 9.17) is 0 Å². The van der Waals surface area contributed by atoms with Gasteiger partial charge in [-0.2, -0.15) is 0 Å². The van der Waals surface area contributed by atoms with Crippen molar-refractivity contribution in [1.82, 2.24) is 0 Å². The molecule has 0 aliphatic heterocycles. The Morgan fingerprint density at radius 3 is 1.64 bits per heavy atom. The van der Waals surface area contributed by atoms with E-state index in [-0.39, 0.29) is 0 Å². The smallest absolute Gasteiger partial charge is 0.0380 e. The largest absolute Gasteiger partial charge is 0.0628 e. The predicted molar refractivity (Wildman–Crippen MR) is 66.5 cm³/mol. The summed E-state index contributed by atoms with van der Waals surface area (Å²) in [5.74, 6) is 2.61. The third-order valence-electron chi connectivity index (χ3n) is 2.93. The molecule has 0 N–H and O–H groups in total. The van der Waals surface area contributed by atoms with Crippen molar-refractivity contribution in [2.75, 3.05) is 0 Å². The summed E-state index contributed by atoms with van der Waals surface area (Å²) in [5.41, 5.74) is 0.492. The van der Waals surface area contributed by atoms with E-state index in [1.807, 2.05) is 0 Å². The van der Waals surface area contributed by atoms with Crippen molar-refractivity contribution in [2.24, 2.45) is 23.2 Å². The van der Waals surface area contributed by atoms with Gasteiger partial charge in [-0.25, -0.2) is 0 Å². The normalized spacial score (nSPS) is 15.2. The van der Waals surface area contributed by atoms with Gasteiger partial charge in [-0.05, 0) is 36.0 Å². The molecule has 0 aromatic rings. The Labute approximate surface area is 91.5 Å². The van der Waals surface area contributed by atoms with Gasteiger partial charge in [0.15, 0.2) is 0 Å². The van der Waals surface area contributed by atoms with Crippen molar-refractivity contribution in [3.63, 3.8) is 0 Å². The fourth-order valence-electron chi connectivity index (χ4n) is 2.01. The molecule has 0 rings (SSSR count). The number of rotatable bonds is 5. The summed E-state index contributed by atoms with van der Waals surface area (Å²) in [6.45, 7) is 16.5. The standard InChI is InChI=1S/C14H30/c1-11(2)8-9-13(12(3)4)10-14(5,6)7/h11-13H,8-10H2,1-7H3. The van der Waals surface area contributed by atoms with Crippen LogP contribution in [0.25, 0.3) is 0 Å². The second-order valence-electron chi connectivity index (χ2n) is 6.74. The number of hydrogen-bond acceptors (Lipinski definition) is 0. The third kappa shape index (κ3) is 7.41. The summed E-state index contributed by atoms with van der Waals surface area (Å²) in [6.07, 6.45) is 4.17. The maximum absolute atomic E-state index is 2.37. The van der Waals surface area contributed by atoms with Gasteiger partial charge in [-0.1, -0.05) is 54.9 Å². The molecule has 0 saturated heterocycles. The molecule has 0 aliphatic carbocycles. The van der Waals surface area contributed by atoms with Gasteiger partial charge in [0.1, 0.15) is 0 Å². The average Bonchev–Trinajstić information content (AvgIpc) is 1.94. The van der Waals surface area contributed by atoms with E-state index in [0.717, 1.165) is 17.8 Å². The molecule has 0 aliphatic rings. The summed E-state index contributed by atoms with van der Waals surface area (Å²) < 4.78 is 0. The van der Waals surface area contributed by atoms with Crippen LogP contribution in [0.4, 0.5) is 0 Å². The molecule has 0 radical (unpaired) electrons. The van der Waals surface area contributed by atoms with Crippen LogP contribution in [0.15, 0.2) is 0 Å². The van der Waals surface area contributed by atoms with Crippen LogP contribution in [0, 0.1) is 23.2 Å². The van der Waals surface area contributed by atoms with Crippen LogP contribution in [0.1, 0.15) is 67.7 Å². The van der Waals surface area contributed by atoms with Crippen LogP contribution in [0.5, 0.6) is 0 Å². The monoisotopic (exact) mass is 198 g/mol. The summed E-state index contributed by atoms with van der Waals surface area (Å²) in [6, 6.07) is 0. The first-order valence-electron chi connectivity index (χ1n) is 6.22. The highest BCUT2D eigenvalue weighted by molar-refractivity contribution is 4.72. The second kappa shape index (κ2) is 5.78. The van der Waals surface area contributed by atoms with Gasteiger partial charge in [0.2, 0.25) is 0 Å². The lowest BCUT2D eigenvalue weighted by Gasteiger charge is -2.29. The Morgan fingerprint density at radius 2 is 1.36 bits per heavy atom. The van der Waals surface area contributed by atoms with Crippen molar-refractivity contribution in [2.45, 2.75) is 67.7 Å². The Morgan fingerprint density at radius 1 is 0.857 bits per heavy atom. The lowest BCUT2D eigenvalue weighted by atomic mass is 9.77. The van der Waals surface area contributed by atoms with Crippen molar-refractivity contribution >= 4 is 0 Å². The maximum atomic E-state index is 2.37. The molecule has 0 nitrogen and oxygen atoms in total. The zero-order valence-electron chi connectivity index (χ0n) is 11.4. The van der Waals surface area contributed by atoms with E-state index >= 15 is 0 Å². The van der Waals surface area contributed by atoms with Crippen LogP contribution in [-0.4, -0.2) is 0 Å². The van der Waals surface area contributed by atoms with Gasteiger partial charge in [0.25, 0.3) is 0 Å². The molecule has 0 aromatic heterocycles. The van der Waals surface area contributed by atoms with E-state index in [2.05, 4.69) is 48.5 Å². The first-order chi connectivity index (χ1) is 6.22. The van der Waals surface area contributed by atoms with Gasteiger partial charge >= 0.3 is 0 Å². The first-order valence-corrected chi connectivity index (χ1v) is 6.22. The topological polar surface area (TPSA) is 0 Å². The van der Waals surface area contributed by atoms with Gasteiger partial charge in [-0.15, -0.1) is 0 Å². The minimum atomic E-state index is 0.492. The molecule has 1 atom stereocenters. The highest BCUT2D eigenvalue weighted by Gasteiger charge is 2.21. The summed E-state index contributed by atoms with van der Waals surface area (Å²) >= 11 is 0. The van der Waals surface area contributed by atoms with Gasteiger partial charge in [0.05, 0.1) is 0 Å². The minimum absolute atomic E-state index is 0.492. The zero-order chi connectivity index (χ0) is 11.4. The van der Waals surface area contributed by atoms with Crippen LogP contribution < -0.4 is 0 Å². The van der Waals surface area contributed by atoms with E-state index in [9.17, 15) is 0 Å². The van der Waals surface area contributed by atoms with Crippen molar-refractivity contribution in [3.8, 4) is 0 Å². The van der Waals surface area contributed by atoms with Gasteiger partial charge < -0.3 is 0 Å². The quantitative estimate of drug-likeness (QED) is 0.574. The molecule has 0 bridgehead atoms. The van der Waals surface area contributed by atoms with Crippen molar-refractivity contribution < 1.29 is 0 Å². The number of hydrogen-bond donors (Lipinski definition) is 0. The van der Waals surface area contributed by atoms with Crippen molar-refractivity contribution in [3.05, 3.63) is 0 Å². The Bertz CT molecular complexity index is 137. The molecule has 86 valence electrons. The van der Waals surface area contributed by atoms with Crippen molar-refractivity contribution in [1.29, 1.82) is 0 Å². The highest BCUT2D eigenvalue weighted by Crippen LogP contribution is 2.32. The van der Waals surface area contributed by atoms with Gasteiger partial charge in [0, 0.05) is 0 Å². The molecule has 0 aromatic carbocycles. The van der Waals surface area contributed by atoms with Crippen LogP contribution in [0.3, 0.4) is 0 Å². The average molecular weight is 198 g/mol.